The van der Waals surface area contributed by atoms with Crippen molar-refractivity contribution in [2.45, 2.75) is 13.8 Å². The first-order chi connectivity index (χ1) is 9.67. The van der Waals surface area contributed by atoms with Gasteiger partial charge in [-0.15, -0.1) is 12.4 Å². The monoisotopic (exact) mass is 331 g/mol. The third kappa shape index (κ3) is 3.09. The lowest BCUT2D eigenvalue weighted by Gasteiger charge is -2.22. The molecule has 1 aromatic heterocycles. The predicted molar refractivity (Wildman–Crippen MR) is 88.5 cm³/mol. The molecule has 1 heterocycles. The van der Waals surface area contributed by atoms with Gasteiger partial charge >= 0.3 is 0 Å². The van der Waals surface area contributed by atoms with Crippen molar-refractivity contribution in [2.75, 3.05) is 32.2 Å². The maximum atomic E-state index is 6.27. The number of benzene rings is 1. The summed E-state index contributed by atoms with van der Waals surface area (Å²) < 4.78 is 10.7. The Balaban J connectivity index is 0.00000220. The highest BCUT2D eigenvalue weighted by atomic mass is 35.5. The summed E-state index contributed by atoms with van der Waals surface area (Å²) in [5, 5.41) is 1.35. The van der Waals surface area contributed by atoms with Crippen LogP contribution >= 0.6 is 24.0 Å². The third-order valence-electron chi connectivity index (χ3n) is 3.24. The van der Waals surface area contributed by atoms with Gasteiger partial charge in [0.1, 0.15) is 17.7 Å². The maximum Gasteiger partial charge on any atom is 0.188 e. The topological polar surface area (TPSA) is 47.5 Å². The van der Waals surface area contributed by atoms with Crippen LogP contribution in [-0.4, -0.2) is 37.3 Å². The minimum absolute atomic E-state index is 0. The minimum atomic E-state index is 0. The third-order valence-corrected chi connectivity index (χ3v) is 3.52. The molecule has 0 saturated carbocycles. The molecule has 0 aliphatic carbocycles. The van der Waals surface area contributed by atoms with Gasteiger partial charge in [0.25, 0.3) is 0 Å². The number of ether oxygens (including phenoxy) is 2. The Hall–Kier alpha value is -1.46. The normalized spacial score (nSPS) is 10.1. The van der Waals surface area contributed by atoms with E-state index in [0.29, 0.717) is 22.0 Å². The second-order valence-corrected chi connectivity index (χ2v) is 4.60. The van der Waals surface area contributed by atoms with Crippen LogP contribution in [0.1, 0.15) is 13.8 Å². The van der Waals surface area contributed by atoms with E-state index in [4.69, 9.17) is 21.1 Å². The second-order valence-electron chi connectivity index (χ2n) is 4.19. The first kappa shape index (κ1) is 17.6. The Bertz CT molecular complexity index is 619. The number of nitrogens with zero attached hydrogens (tertiary/aromatic N) is 3. The van der Waals surface area contributed by atoms with Crippen molar-refractivity contribution in [2.24, 2.45) is 0 Å². The van der Waals surface area contributed by atoms with E-state index in [-0.39, 0.29) is 12.4 Å². The van der Waals surface area contributed by atoms with Crippen molar-refractivity contribution in [3.05, 3.63) is 17.4 Å². The molecule has 0 N–H and O–H groups in total. The smallest absolute Gasteiger partial charge is 0.188 e. The Morgan fingerprint density at radius 2 is 1.71 bits per heavy atom. The van der Waals surface area contributed by atoms with Crippen LogP contribution in [-0.2, 0) is 0 Å². The molecule has 2 aromatic rings. The van der Waals surface area contributed by atoms with E-state index >= 15 is 0 Å². The molecule has 0 radical (unpaired) electrons. The summed E-state index contributed by atoms with van der Waals surface area (Å²) in [5.41, 5.74) is 0.700. The number of aromatic nitrogens is 2. The number of rotatable bonds is 5. The van der Waals surface area contributed by atoms with Crippen molar-refractivity contribution in [3.63, 3.8) is 0 Å². The maximum absolute atomic E-state index is 6.27. The highest BCUT2D eigenvalue weighted by Gasteiger charge is 2.19. The molecule has 0 bridgehead atoms. The molecule has 21 heavy (non-hydrogen) atoms. The van der Waals surface area contributed by atoms with Crippen molar-refractivity contribution in [3.8, 4) is 11.5 Å². The summed E-state index contributed by atoms with van der Waals surface area (Å²) >= 11 is 6.27. The number of methoxy groups -OCH3 is 2. The number of anilines is 1. The average molecular weight is 332 g/mol. The van der Waals surface area contributed by atoms with E-state index in [9.17, 15) is 0 Å². The van der Waals surface area contributed by atoms with E-state index in [0.717, 1.165) is 24.3 Å². The summed E-state index contributed by atoms with van der Waals surface area (Å²) in [7, 11) is 3.13. The van der Waals surface area contributed by atoms with Crippen LogP contribution in [0, 0.1) is 0 Å². The minimum Gasteiger partial charge on any atom is -0.491 e. The van der Waals surface area contributed by atoms with Gasteiger partial charge in [-0.05, 0) is 19.9 Å². The molecule has 5 nitrogen and oxygen atoms in total. The van der Waals surface area contributed by atoms with Crippen LogP contribution in [0.15, 0.2) is 12.4 Å². The zero-order chi connectivity index (χ0) is 14.7. The van der Waals surface area contributed by atoms with Gasteiger partial charge in [-0.1, -0.05) is 11.6 Å². The van der Waals surface area contributed by atoms with Gasteiger partial charge in [0.15, 0.2) is 11.5 Å². The van der Waals surface area contributed by atoms with E-state index < -0.39 is 0 Å². The van der Waals surface area contributed by atoms with Crippen molar-refractivity contribution >= 4 is 40.7 Å². The summed E-state index contributed by atoms with van der Waals surface area (Å²) in [6.07, 6.45) is 1.53. The van der Waals surface area contributed by atoms with Gasteiger partial charge < -0.3 is 14.4 Å². The molecule has 7 heteroatoms. The van der Waals surface area contributed by atoms with Crippen molar-refractivity contribution < 1.29 is 9.47 Å². The van der Waals surface area contributed by atoms with Crippen LogP contribution in [0.5, 0.6) is 11.5 Å². The summed E-state index contributed by atoms with van der Waals surface area (Å²) in [4.78, 5) is 10.8. The van der Waals surface area contributed by atoms with Crippen LogP contribution in [0.25, 0.3) is 10.9 Å². The van der Waals surface area contributed by atoms with Gasteiger partial charge in [0.05, 0.1) is 19.2 Å². The first-order valence-corrected chi connectivity index (χ1v) is 6.85. The zero-order valence-corrected chi connectivity index (χ0v) is 14.1. The first-order valence-electron chi connectivity index (χ1n) is 6.47. The van der Waals surface area contributed by atoms with Gasteiger partial charge in [-0.25, -0.2) is 9.97 Å². The number of hydrogen-bond acceptors (Lipinski definition) is 5. The van der Waals surface area contributed by atoms with Crippen molar-refractivity contribution in [1.82, 2.24) is 9.97 Å². The quantitative estimate of drug-likeness (QED) is 0.838. The average Bonchev–Trinajstić information content (AvgIpc) is 2.47. The lowest BCUT2D eigenvalue weighted by atomic mass is 10.2. The molecule has 0 saturated heterocycles. The fourth-order valence-electron chi connectivity index (χ4n) is 2.26. The lowest BCUT2D eigenvalue weighted by Crippen LogP contribution is -2.23. The fraction of sp³-hybridized carbons (Fsp3) is 0.429. The standard InChI is InChI=1S/C14H18ClN3O2.ClH/c1-5-18(6-2)14-9-7-10(15)12(19-3)13(20-4)11(9)16-8-17-14;/h7-8H,5-6H2,1-4H3;1H. The zero-order valence-electron chi connectivity index (χ0n) is 12.5. The second kappa shape index (κ2) is 7.52. The molecule has 0 atom stereocenters. The van der Waals surface area contributed by atoms with Gasteiger partial charge in [-0.3, -0.25) is 0 Å². The van der Waals surface area contributed by atoms with E-state index in [1.807, 2.05) is 6.07 Å². The molecule has 0 spiro atoms. The summed E-state index contributed by atoms with van der Waals surface area (Å²) in [6, 6.07) is 1.83. The highest BCUT2D eigenvalue weighted by molar-refractivity contribution is 6.33. The van der Waals surface area contributed by atoms with Crippen molar-refractivity contribution in [1.29, 1.82) is 0 Å². The molecule has 0 aliphatic heterocycles. The fourth-order valence-corrected chi connectivity index (χ4v) is 2.54. The van der Waals surface area contributed by atoms with Gasteiger partial charge in [0, 0.05) is 18.5 Å². The molecular weight excluding hydrogens is 313 g/mol. The SMILES string of the molecule is CCN(CC)c1ncnc2c(OC)c(OC)c(Cl)cc12.Cl. The number of halogens is 2. The highest BCUT2D eigenvalue weighted by Crippen LogP contribution is 2.42. The molecule has 0 aliphatic rings. The molecule has 0 unspecified atom stereocenters. The lowest BCUT2D eigenvalue weighted by molar-refractivity contribution is 0.358. The van der Waals surface area contributed by atoms with Crippen LogP contribution in [0.3, 0.4) is 0 Å². The molecule has 116 valence electrons. The Morgan fingerprint density at radius 3 is 2.24 bits per heavy atom. The Kier molecular flexibility index (Phi) is 6.30. The molecule has 0 fully saturated rings. The van der Waals surface area contributed by atoms with E-state index in [1.165, 1.54) is 6.33 Å². The van der Waals surface area contributed by atoms with Gasteiger partial charge in [-0.2, -0.15) is 0 Å². The largest absolute Gasteiger partial charge is 0.491 e. The van der Waals surface area contributed by atoms with Gasteiger partial charge in [0.2, 0.25) is 0 Å². The Morgan fingerprint density at radius 1 is 1.10 bits per heavy atom. The molecular formula is C14H19Cl2N3O2. The predicted octanol–water partition coefficient (Wildman–Crippen LogP) is 3.57. The molecule has 2 rings (SSSR count). The van der Waals surface area contributed by atoms with E-state index in [2.05, 4.69) is 28.7 Å². The van der Waals surface area contributed by atoms with Crippen LogP contribution < -0.4 is 14.4 Å². The Labute approximate surface area is 135 Å². The van der Waals surface area contributed by atoms with Crippen LogP contribution in [0.2, 0.25) is 5.02 Å². The molecule has 1 aromatic carbocycles. The van der Waals surface area contributed by atoms with E-state index in [1.54, 1.807) is 14.2 Å². The molecule has 0 amide bonds. The summed E-state index contributed by atoms with van der Waals surface area (Å²) in [6.45, 7) is 5.88. The number of hydrogen-bond donors (Lipinski definition) is 0. The number of fused-ring (bicyclic) bond motifs is 1. The van der Waals surface area contributed by atoms with Crippen LogP contribution in [0.4, 0.5) is 5.82 Å². The summed E-state index contributed by atoms with van der Waals surface area (Å²) in [5.74, 6) is 1.87.